The lowest BCUT2D eigenvalue weighted by atomic mass is 10.1. The maximum Gasteiger partial charge on any atom is 0.347 e. The van der Waals surface area contributed by atoms with Gasteiger partial charge >= 0.3 is 11.6 Å². The van der Waals surface area contributed by atoms with Crippen LogP contribution in [0.3, 0.4) is 0 Å². The highest BCUT2D eigenvalue weighted by molar-refractivity contribution is 6.35. The third-order valence-electron chi connectivity index (χ3n) is 5.40. The van der Waals surface area contributed by atoms with E-state index < -0.39 is 23.4 Å². The summed E-state index contributed by atoms with van der Waals surface area (Å²) in [5.41, 5.74) is 0.721. The minimum absolute atomic E-state index is 0.0149. The molecule has 1 aliphatic rings. The van der Waals surface area contributed by atoms with Gasteiger partial charge in [0, 0.05) is 12.5 Å². The van der Waals surface area contributed by atoms with Crippen LogP contribution < -0.4 is 20.0 Å². The monoisotopic (exact) mass is 470 g/mol. The van der Waals surface area contributed by atoms with E-state index in [2.05, 4.69) is 4.98 Å². The largest absolute Gasteiger partial charge is 0.492 e. The molecule has 35 heavy (non-hydrogen) atoms. The van der Waals surface area contributed by atoms with Crippen LogP contribution in [0.1, 0.15) is 34.6 Å². The Kier molecular flexibility index (Phi) is 5.37. The minimum Gasteiger partial charge on any atom is -0.492 e. The molecule has 3 aromatic carbocycles. The zero-order valence-corrected chi connectivity index (χ0v) is 18.7. The molecule has 0 bridgehead atoms. The summed E-state index contributed by atoms with van der Waals surface area (Å²) in [6, 6.07) is 15.8. The van der Waals surface area contributed by atoms with E-state index in [-0.39, 0.29) is 28.2 Å². The number of para-hydroxylation sites is 2. The number of hydrogen-bond donors (Lipinski definition) is 0. The maximum atomic E-state index is 13.2. The van der Waals surface area contributed by atoms with E-state index in [1.807, 2.05) is 6.92 Å². The van der Waals surface area contributed by atoms with Crippen molar-refractivity contribution in [2.45, 2.75) is 13.8 Å². The summed E-state index contributed by atoms with van der Waals surface area (Å²) in [6.45, 7) is 3.44. The van der Waals surface area contributed by atoms with E-state index in [9.17, 15) is 19.2 Å². The molecule has 2 amide bonds. The first-order valence-electron chi connectivity index (χ1n) is 10.8. The van der Waals surface area contributed by atoms with Crippen LogP contribution in [-0.2, 0) is 4.79 Å². The molecule has 1 aliphatic heterocycles. The van der Waals surface area contributed by atoms with E-state index in [4.69, 9.17) is 13.9 Å². The van der Waals surface area contributed by atoms with Crippen molar-refractivity contribution in [3.8, 4) is 23.0 Å². The molecule has 9 heteroatoms. The summed E-state index contributed by atoms with van der Waals surface area (Å²) >= 11 is 0. The van der Waals surface area contributed by atoms with Gasteiger partial charge in [-0.1, -0.05) is 12.1 Å². The van der Waals surface area contributed by atoms with Gasteiger partial charge in [0.1, 0.15) is 11.5 Å². The molecule has 5 rings (SSSR count). The van der Waals surface area contributed by atoms with Crippen molar-refractivity contribution in [3.63, 3.8) is 0 Å². The number of benzene rings is 3. The van der Waals surface area contributed by atoms with Crippen molar-refractivity contribution in [3.05, 3.63) is 82.2 Å². The highest BCUT2D eigenvalue weighted by atomic mass is 16.5. The second-order valence-electron chi connectivity index (χ2n) is 7.69. The smallest absolute Gasteiger partial charge is 0.347 e. The Morgan fingerprint density at radius 2 is 1.74 bits per heavy atom. The van der Waals surface area contributed by atoms with Gasteiger partial charge in [-0.3, -0.25) is 14.4 Å². The lowest BCUT2D eigenvalue weighted by Crippen LogP contribution is -2.29. The predicted molar refractivity (Wildman–Crippen MR) is 126 cm³/mol. The SMILES string of the molecule is CCOc1ccccc1N1C(=O)c2ccc(-c3nc4ccc(OC(C)=O)cc4c(=O)o3)cc2C1=O. The number of nitrogens with zero attached hydrogens (tertiary/aromatic N) is 2. The number of esters is 1. The molecule has 0 atom stereocenters. The molecule has 0 spiro atoms. The van der Waals surface area contributed by atoms with E-state index in [0.29, 0.717) is 29.1 Å². The van der Waals surface area contributed by atoms with E-state index in [1.54, 1.807) is 30.3 Å². The molecule has 0 radical (unpaired) electrons. The Morgan fingerprint density at radius 1 is 0.971 bits per heavy atom. The number of fused-ring (bicyclic) bond motifs is 2. The average molecular weight is 470 g/mol. The maximum absolute atomic E-state index is 13.2. The van der Waals surface area contributed by atoms with Crippen LogP contribution in [0.4, 0.5) is 5.69 Å². The Bertz CT molecular complexity index is 1590. The Hall–Kier alpha value is -4.79. The third kappa shape index (κ3) is 3.82. The average Bonchev–Trinajstić information content (AvgIpc) is 3.09. The minimum atomic E-state index is -0.686. The molecule has 0 N–H and O–H groups in total. The van der Waals surface area contributed by atoms with Gasteiger partial charge < -0.3 is 13.9 Å². The van der Waals surface area contributed by atoms with Crippen LogP contribution in [0.15, 0.2) is 69.9 Å². The fraction of sp³-hybridized carbons (Fsp3) is 0.115. The number of hydrogen-bond acceptors (Lipinski definition) is 8. The number of ether oxygens (including phenoxy) is 2. The normalized spacial score (nSPS) is 12.7. The second kappa shape index (κ2) is 8.53. The Balaban J connectivity index is 1.54. The third-order valence-corrected chi connectivity index (χ3v) is 5.40. The highest BCUT2D eigenvalue weighted by Gasteiger charge is 2.38. The summed E-state index contributed by atoms with van der Waals surface area (Å²) in [5.74, 6) is -0.920. The molecule has 2 heterocycles. The molecular weight excluding hydrogens is 452 g/mol. The van der Waals surface area contributed by atoms with Crippen molar-refractivity contribution in [2.75, 3.05) is 11.5 Å². The van der Waals surface area contributed by atoms with Crippen LogP contribution in [0.25, 0.3) is 22.4 Å². The van der Waals surface area contributed by atoms with Crippen molar-refractivity contribution < 1.29 is 28.3 Å². The van der Waals surface area contributed by atoms with E-state index in [1.165, 1.54) is 37.3 Å². The van der Waals surface area contributed by atoms with Crippen molar-refractivity contribution in [2.24, 2.45) is 0 Å². The summed E-state index contributed by atoms with van der Waals surface area (Å²) in [6.07, 6.45) is 0. The molecule has 0 aliphatic carbocycles. The number of imide groups is 1. The number of carbonyl (C=O) groups is 3. The molecule has 0 fully saturated rings. The van der Waals surface area contributed by atoms with Crippen LogP contribution in [0.5, 0.6) is 11.5 Å². The van der Waals surface area contributed by atoms with Gasteiger partial charge in [0.2, 0.25) is 5.89 Å². The van der Waals surface area contributed by atoms with Gasteiger partial charge in [-0.25, -0.2) is 14.7 Å². The summed E-state index contributed by atoms with van der Waals surface area (Å²) in [4.78, 5) is 55.6. The van der Waals surface area contributed by atoms with Crippen LogP contribution in [0, 0.1) is 0 Å². The lowest BCUT2D eigenvalue weighted by molar-refractivity contribution is -0.131. The highest BCUT2D eigenvalue weighted by Crippen LogP contribution is 2.36. The Morgan fingerprint density at radius 3 is 2.51 bits per heavy atom. The Labute approximate surface area is 198 Å². The standard InChI is InChI=1S/C26H18N2O7/c1-3-33-22-7-5-4-6-21(22)28-24(30)17-10-8-15(12-18(17)25(28)31)23-27-20-11-9-16(34-14(2)29)13-19(20)26(32)35-23/h4-13H,3H2,1-2H3. The van der Waals surface area contributed by atoms with E-state index in [0.717, 1.165) is 4.90 Å². The topological polar surface area (TPSA) is 116 Å². The van der Waals surface area contributed by atoms with Crippen molar-refractivity contribution >= 4 is 34.4 Å². The molecule has 174 valence electrons. The van der Waals surface area contributed by atoms with Gasteiger partial charge in [-0.15, -0.1) is 0 Å². The van der Waals surface area contributed by atoms with Crippen LogP contribution >= 0.6 is 0 Å². The zero-order valence-electron chi connectivity index (χ0n) is 18.7. The van der Waals surface area contributed by atoms with Gasteiger partial charge in [0.25, 0.3) is 11.8 Å². The summed E-state index contributed by atoms with van der Waals surface area (Å²) in [7, 11) is 0. The molecule has 0 saturated carbocycles. The number of rotatable bonds is 5. The fourth-order valence-corrected chi connectivity index (χ4v) is 3.92. The summed E-state index contributed by atoms with van der Waals surface area (Å²) in [5, 5.41) is 0.138. The molecule has 1 aromatic heterocycles. The number of aromatic nitrogens is 1. The first kappa shape index (κ1) is 22.0. The van der Waals surface area contributed by atoms with E-state index >= 15 is 0 Å². The molecular formula is C26H18N2O7. The predicted octanol–water partition coefficient (Wildman–Crippen LogP) is 3.98. The van der Waals surface area contributed by atoms with Gasteiger partial charge in [0.05, 0.1) is 34.3 Å². The summed E-state index contributed by atoms with van der Waals surface area (Å²) < 4.78 is 16.0. The first-order valence-corrected chi connectivity index (χ1v) is 10.8. The molecule has 0 unspecified atom stereocenters. The van der Waals surface area contributed by atoms with Crippen LogP contribution in [0.2, 0.25) is 0 Å². The number of amides is 2. The molecule has 0 saturated heterocycles. The van der Waals surface area contributed by atoms with Gasteiger partial charge in [-0.2, -0.15) is 0 Å². The van der Waals surface area contributed by atoms with Crippen molar-refractivity contribution in [1.82, 2.24) is 4.98 Å². The second-order valence-corrected chi connectivity index (χ2v) is 7.69. The van der Waals surface area contributed by atoms with Crippen molar-refractivity contribution in [1.29, 1.82) is 0 Å². The van der Waals surface area contributed by atoms with Crippen LogP contribution in [-0.4, -0.2) is 29.4 Å². The first-order chi connectivity index (χ1) is 16.9. The number of anilines is 1. The number of carbonyl (C=O) groups excluding carboxylic acids is 3. The molecule has 9 nitrogen and oxygen atoms in total. The fourth-order valence-electron chi connectivity index (χ4n) is 3.92. The molecule has 4 aromatic rings. The lowest BCUT2D eigenvalue weighted by Gasteiger charge is -2.17. The zero-order chi connectivity index (χ0) is 24.7. The van der Waals surface area contributed by atoms with Gasteiger partial charge in [0.15, 0.2) is 0 Å². The van der Waals surface area contributed by atoms with Gasteiger partial charge in [-0.05, 0) is 55.5 Å². The quantitative estimate of drug-likeness (QED) is 0.244.